The molecule has 114 valence electrons. The van der Waals surface area contributed by atoms with Gasteiger partial charge >= 0.3 is 0 Å². The maximum absolute atomic E-state index is 12.7. The first kappa shape index (κ1) is 14.2. The fourth-order valence-electron chi connectivity index (χ4n) is 3.00. The summed E-state index contributed by atoms with van der Waals surface area (Å²) in [5.74, 6) is 1.79. The topological polar surface area (TPSA) is 50.8 Å². The fourth-order valence-corrected chi connectivity index (χ4v) is 3.00. The molecule has 1 atom stereocenters. The first-order chi connectivity index (χ1) is 10.3. The number of para-hydroxylation sites is 1. The van der Waals surface area contributed by atoms with Crippen LogP contribution in [0, 0.1) is 5.92 Å². The standard InChI is InChI=1S/C16H22N2O3/c1-18(11-12-4-3-7-17-10-12)16(19)13-5-2-6-14-15(13)21-9-8-20-14/h2,5-6,12,17H,3-4,7-11H2,1H3/t12-/m1/s1. The number of nitrogens with zero attached hydrogens (tertiary/aromatic N) is 1. The van der Waals surface area contributed by atoms with E-state index < -0.39 is 0 Å². The van der Waals surface area contributed by atoms with E-state index in [4.69, 9.17) is 9.47 Å². The Morgan fingerprint density at radius 3 is 3.05 bits per heavy atom. The molecule has 1 aromatic carbocycles. The first-order valence-electron chi connectivity index (χ1n) is 7.60. The molecule has 0 bridgehead atoms. The zero-order valence-corrected chi connectivity index (χ0v) is 12.4. The number of hydrogen-bond donors (Lipinski definition) is 1. The van der Waals surface area contributed by atoms with E-state index in [-0.39, 0.29) is 5.91 Å². The highest BCUT2D eigenvalue weighted by Crippen LogP contribution is 2.34. The molecule has 0 spiro atoms. The van der Waals surface area contributed by atoms with Gasteiger partial charge in [-0.25, -0.2) is 0 Å². The molecule has 0 unspecified atom stereocenters. The van der Waals surface area contributed by atoms with Crippen molar-refractivity contribution in [2.75, 3.05) is 39.9 Å². The monoisotopic (exact) mass is 290 g/mol. The van der Waals surface area contributed by atoms with Crippen molar-refractivity contribution in [3.63, 3.8) is 0 Å². The Kier molecular flexibility index (Phi) is 4.29. The lowest BCUT2D eigenvalue weighted by Crippen LogP contribution is -2.39. The van der Waals surface area contributed by atoms with Crippen molar-refractivity contribution in [1.82, 2.24) is 10.2 Å². The summed E-state index contributed by atoms with van der Waals surface area (Å²) in [6, 6.07) is 5.50. The Hall–Kier alpha value is -1.75. The summed E-state index contributed by atoms with van der Waals surface area (Å²) >= 11 is 0. The van der Waals surface area contributed by atoms with Gasteiger partial charge in [0.15, 0.2) is 11.5 Å². The van der Waals surface area contributed by atoms with E-state index in [1.54, 1.807) is 4.90 Å². The average Bonchev–Trinajstić information content (AvgIpc) is 2.54. The molecule has 0 aliphatic carbocycles. The molecular weight excluding hydrogens is 268 g/mol. The van der Waals surface area contributed by atoms with Crippen LogP contribution in [0.4, 0.5) is 0 Å². The number of piperidine rings is 1. The molecule has 0 saturated carbocycles. The lowest BCUT2D eigenvalue weighted by atomic mass is 9.99. The van der Waals surface area contributed by atoms with Crippen molar-refractivity contribution in [2.45, 2.75) is 12.8 Å². The van der Waals surface area contributed by atoms with Crippen LogP contribution in [-0.2, 0) is 0 Å². The van der Waals surface area contributed by atoms with E-state index in [1.807, 2.05) is 25.2 Å². The highest BCUT2D eigenvalue weighted by molar-refractivity contribution is 5.97. The molecule has 1 amide bonds. The van der Waals surface area contributed by atoms with Gasteiger partial charge in [0.25, 0.3) is 5.91 Å². The third-order valence-electron chi connectivity index (χ3n) is 4.07. The predicted octanol–water partition coefficient (Wildman–Crippen LogP) is 1.53. The molecule has 0 radical (unpaired) electrons. The lowest BCUT2D eigenvalue weighted by molar-refractivity contribution is 0.0754. The highest BCUT2D eigenvalue weighted by atomic mass is 16.6. The van der Waals surface area contributed by atoms with Gasteiger partial charge in [0.1, 0.15) is 13.2 Å². The van der Waals surface area contributed by atoms with Gasteiger partial charge in [-0.2, -0.15) is 0 Å². The second-order valence-electron chi connectivity index (χ2n) is 5.73. The SMILES string of the molecule is CN(C[C@@H]1CCCNC1)C(=O)c1cccc2c1OCCO2. The van der Waals surface area contributed by atoms with E-state index in [2.05, 4.69) is 5.32 Å². The predicted molar refractivity (Wildman–Crippen MR) is 80.0 cm³/mol. The number of rotatable bonds is 3. The van der Waals surface area contributed by atoms with Crippen LogP contribution >= 0.6 is 0 Å². The number of nitrogens with one attached hydrogen (secondary N) is 1. The smallest absolute Gasteiger partial charge is 0.257 e. The number of ether oxygens (including phenoxy) is 2. The second-order valence-corrected chi connectivity index (χ2v) is 5.73. The van der Waals surface area contributed by atoms with E-state index >= 15 is 0 Å². The van der Waals surface area contributed by atoms with Crippen molar-refractivity contribution >= 4 is 5.91 Å². The molecule has 1 N–H and O–H groups in total. The zero-order chi connectivity index (χ0) is 14.7. The van der Waals surface area contributed by atoms with Crippen molar-refractivity contribution in [3.8, 4) is 11.5 Å². The van der Waals surface area contributed by atoms with Gasteiger partial charge in [-0.05, 0) is 44.0 Å². The maximum Gasteiger partial charge on any atom is 0.257 e. The lowest BCUT2D eigenvalue weighted by Gasteiger charge is -2.28. The molecule has 2 heterocycles. The van der Waals surface area contributed by atoms with Gasteiger partial charge in [0.05, 0.1) is 5.56 Å². The Morgan fingerprint density at radius 1 is 1.38 bits per heavy atom. The van der Waals surface area contributed by atoms with Crippen LogP contribution in [0.25, 0.3) is 0 Å². The number of fused-ring (bicyclic) bond motifs is 1. The molecule has 1 saturated heterocycles. The van der Waals surface area contributed by atoms with Gasteiger partial charge in [-0.15, -0.1) is 0 Å². The van der Waals surface area contributed by atoms with Crippen molar-refractivity contribution in [3.05, 3.63) is 23.8 Å². The normalized spacial score (nSPS) is 20.9. The van der Waals surface area contributed by atoms with E-state index in [9.17, 15) is 4.79 Å². The maximum atomic E-state index is 12.7. The van der Waals surface area contributed by atoms with Crippen LogP contribution in [0.3, 0.4) is 0 Å². The molecule has 1 aromatic rings. The third kappa shape index (κ3) is 3.13. The van der Waals surface area contributed by atoms with Crippen LogP contribution in [-0.4, -0.2) is 50.7 Å². The molecule has 2 aliphatic rings. The van der Waals surface area contributed by atoms with Crippen LogP contribution in [0.2, 0.25) is 0 Å². The Morgan fingerprint density at radius 2 is 2.24 bits per heavy atom. The quantitative estimate of drug-likeness (QED) is 0.917. The van der Waals surface area contributed by atoms with E-state index in [0.29, 0.717) is 36.2 Å². The summed E-state index contributed by atoms with van der Waals surface area (Å²) in [4.78, 5) is 14.5. The first-order valence-corrected chi connectivity index (χ1v) is 7.60. The van der Waals surface area contributed by atoms with Crippen LogP contribution in [0.5, 0.6) is 11.5 Å². The minimum absolute atomic E-state index is 0.00271. The van der Waals surface area contributed by atoms with Crippen LogP contribution in [0.15, 0.2) is 18.2 Å². The van der Waals surface area contributed by atoms with Gasteiger partial charge in [0.2, 0.25) is 0 Å². The fraction of sp³-hybridized carbons (Fsp3) is 0.562. The molecule has 5 heteroatoms. The zero-order valence-electron chi connectivity index (χ0n) is 12.4. The van der Waals surface area contributed by atoms with Crippen molar-refractivity contribution in [1.29, 1.82) is 0 Å². The molecule has 1 fully saturated rings. The molecule has 3 rings (SSSR count). The molecule has 2 aliphatic heterocycles. The van der Waals surface area contributed by atoms with Gasteiger partial charge in [0, 0.05) is 13.6 Å². The van der Waals surface area contributed by atoms with Gasteiger partial charge < -0.3 is 19.7 Å². The van der Waals surface area contributed by atoms with Crippen LogP contribution < -0.4 is 14.8 Å². The largest absolute Gasteiger partial charge is 0.486 e. The number of hydrogen-bond acceptors (Lipinski definition) is 4. The minimum Gasteiger partial charge on any atom is -0.486 e. The number of amides is 1. The Balaban J connectivity index is 1.72. The third-order valence-corrected chi connectivity index (χ3v) is 4.07. The van der Waals surface area contributed by atoms with E-state index in [1.165, 1.54) is 12.8 Å². The summed E-state index contributed by atoms with van der Waals surface area (Å²) < 4.78 is 11.2. The Labute approximate surface area is 125 Å². The van der Waals surface area contributed by atoms with Gasteiger partial charge in [-0.1, -0.05) is 6.07 Å². The average molecular weight is 290 g/mol. The van der Waals surface area contributed by atoms with Crippen molar-refractivity contribution < 1.29 is 14.3 Å². The summed E-state index contributed by atoms with van der Waals surface area (Å²) in [6.45, 7) is 3.88. The summed E-state index contributed by atoms with van der Waals surface area (Å²) in [7, 11) is 1.86. The molecule has 0 aromatic heterocycles. The van der Waals surface area contributed by atoms with Crippen LogP contribution in [0.1, 0.15) is 23.2 Å². The highest BCUT2D eigenvalue weighted by Gasteiger charge is 2.24. The summed E-state index contributed by atoms with van der Waals surface area (Å²) in [6.07, 6.45) is 2.36. The number of carbonyl (C=O) groups is 1. The van der Waals surface area contributed by atoms with Gasteiger partial charge in [-0.3, -0.25) is 4.79 Å². The summed E-state index contributed by atoms with van der Waals surface area (Å²) in [5.41, 5.74) is 0.596. The molecule has 5 nitrogen and oxygen atoms in total. The molecular formula is C16H22N2O3. The molecule has 21 heavy (non-hydrogen) atoms. The number of benzene rings is 1. The van der Waals surface area contributed by atoms with E-state index in [0.717, 1.165) is 19.6 Å². The Bertz CT molecular complexity index is 512. The van der Waals surface area contributed by atoms with Crippen molar-refractivity contribution in [2.24, 2.45) is 5.92 Å². The minimum atomic E-state index is 0.00271. The summed E-state index contributed by atoms with van der Waals surface area (Å²) in [5, 5.41) is 3.39. The second kappa shape index (κ2) is 6.35. The number of carbonyl (C=O) groups excluding carboxylic acids is 1.